The van der Waals surface area contributed by atoms with Gasteiger partial charge < -0.3 is 18.9 Å². The Morgan fingerprint density at radius 3 is 2.50 bits per heavy atom. The molecule has 0 N–H and O–H groups in total. The molecule has 1 aromatic heterocycles. The van der Waals surface area contributed by atoms with Crippen LogP contribution in [0, 0.1) is 0 Å². The number of carbonyl (C=O) groups excluding carboxylic acids is 1. The highest BCUT2D eigenvalue weighted by Gasteiger charge is 2.33. The Morgan fingerprint density at radius 2 is 1.84 bits per heavy atom. The summed E-state index contributed by atoms with van der Waals surface area (Å²) in [6.07, 6.45) is 3.79. The van der Waals surface area contributed by atoms with Crippen LogP contribution in [0.1, 0.15) is 50.8 Å². The lowest BCUT2D eigenvalue weighted by Gasteiger charge is -2.24. The Hall–Kier alpha value is -3.85. The van der Waals surface area contributed by atoms with E-state index in [1.165, 1.54) is 11.3 Å². The molecule has 9 heteroatoms. The summed E-state index contributed by atoms with van der Waals surface area (Å²) in [5.41, 5.74) is 2.16. The minimum absolute atomic E-state index is 0.218. The molecule has 3 aromatic rings. The molecule has 0 fully saturated rings. The van der Waals surface area contributed by atoms with E-state index in [-0.39, 0.29) is 12.2 Å². The minimum Gasteiger partial charge on any atom is -0.497 e. The standard InChI is InChI=1S/C29H32N2O6S/c1-6-8-15-37-22-14-9-19(16-23(22)35-5)17-24-27(32)31-26(20-10-12-21(34-4)13-11-20)25(28(33)36-7-2)18(3)30-29(31)38-24/h9-14,16-17,26H,6-8,15H2,1-5H3/b24-17+/t26-/m0/s1. The Balaban J connectivity index is 1.82. The predicted molar refractivity (Wildman–Crippen MR) is 147 cm³/mol. The number of thiazole rings is 1. The summed E-state index contributed by atoms with van der Waals surface area (Å²) in [5.74, 6) is 1.44. The molecule has 0 spiro atoms. The van der Waals surface area contributed by atoms with Crippen molar-refractivity contribution in [2.24, 2.45) is 4.99 Å². The van der Waals surface area contributed by atoms with E-state index in [9.17, 15) is 9.59 Å². The van der Waals surface area contributed by atoms with E-state index < -0.39 is 12.0 Å². The number of benzene rings is 2. The van der Waals surface area contributed by atoms with Crippen molar-refractivity contribution < 1.29 is 23.7 Å². The maximum Gasteiger partial charge on any atom is 0.338 e. The summed E-state index contributed by atoms with van der Waals surface area (Å²) in [6, 6.07) is 12.2. The van der Waals surface area contributed by atoms with Crippen molar-refractivity contribution in [2.75, 3.05) is 27.4 Å². The van der Waals surface area contributed by atoms with Crippen LogP contribution < -0.4 is 29.1 Å². The van der Waals surface area contributed by atoms with Crippen molar-refractivity contribution in [1.29, 1.82) is 0 Å². The predicted octanol–water partition coefficient (Wildman–Crippen LogP) is 3.99. The zero-order valence-electron chi connectivity index (χ0n) is 22.3. The maximum absolute atomic E-state index is 13.8. The second kappa shape index (κ2) is 12.1. The summed E-state index contributed by atoms with van der Waals surface area (Å²) < 4.78 is 24.1. The monoisotopic (exact) mass is 536 g/mol. The van der Waals surface area contributed by atoms with Crippen molar-refractivity contribution in [3.8, 4) is 17.2 Å². The number of unbranched alkanes of at least 4 members (excludes halogenated alkanes) is 1. The van der Waals surface area contributed by atoms with Gasteiger partial charge in [-0.1, -0.05) is 42.9 Å². The third kappa shape index (κ3) is 5.52. The van der Waals surface area contributed by atoms with Gasteiger partial charge in [-0.25, -0.2) is 9.79 Å². The van der Waals surface area contributed by atoms with Crippen molar-refractivity contribution in [2.45, 2.75) is 39.7 Å². The number of aromatic nitrogens is 1. The number of hydrogen-bond acceptors (Lipinski definition) is 8. The third-order valence-electron chi connectivity index (χ3n) is 6.19. The normalized spacial score (nSPS) is 15.1. The number of ether oxygens (including phenoxy) is 4. The van der Waals surface area contributed by atoms with Gasteiger partial charge >= 0.3 is 5.97 Å². The Labute approximate surface area is 225 Å². The van der Waals surface area contributed by atoms with Crippen LogP contribution in [0.3, 0.4) is 0 Å². The molecule has 0 unspecified atom stereocenters. The fourth-order valence-corrected chi connectivity index (χ4v) is 5.31. The number of nitrogens with zero attached hydrogens (tertiary/aromatic N) is 2. The number of carbonyl (C=O) groups is 1. The van der Waals surface area contributed by atoms with Gasteiger partial charge in [-0.2, -0.15) is 0 Å². The molecule has 2 heterocycles. The van der Waals surface area contributed by atoms with Crippen LogP contribution in [0.25, 0.3) is 6.08 Å². The molecule has 0 aliphatic carbocycles. The molecule has 8 nitrogen and oxygen atoms in total. The molecule has 1 atom stereocenters. The second-order valence-electron chi connectivity index (χ2n) is 8.69. The molecule has 0 saturated heterocycles. The quantitative estimate of drug-likeness (QED) is 0.288. The summed E-state index contributed by atoms with van der Waals surface area (Å²) in [5, 5.41) is 0. The summed E-state index contributed by atoms with van der Waals surface area (Å²) in [7, 11) is 3.18. The average Bonchev–Trinajstić information content (AvgIpc) is 3.22. The van der Waals surface area contributed by atoms with E-state index >= 15 is 0 Å². The van der Waals surface area contributed by atoms with Crippen molar-refractivity contribution in [1.82, 2.24) is 4.57 Å². The highest BCUT2D eigenvalue weighted by molar-refractivity contribution is 7.07. The van der Waals surface area contributed by atoms with Crippen LogP contribution >= 0.6 is 11.3 Å². The van der Waals surface area contributed by atoms with Gasteiger partial charge in [0.05, 0.1) is 49.3 Å². The van der Waals surface area contributed by atoms with Crippen LogP contribution in [-0.4, -0.2) is 38.0 Å². The lowest BCUT2D eigenvalue weighted by molar-refractivity contribution is -0.139. The fraction of sp³-hybridized carbons (Fsp3) is 0.345. The highest BCUT2D eigenvalue weighted by Crippen LogP contribution is 2.32. The first-order valence-electron chi connectivity index (χ1n) is 12.6. The van der Waals surface area contributed by atoms with Crippen LogP contribution in [0.5, 0.6) is 17.2 Å². The molecule has 200 valence electrons. The first kappa shape index (κ1) is 27.2. The zero-order chi connectivity index (χ0) is 27.2. The summed E-state index contributed by atoms with van der Waals surface area (Å²) >= 11 is 1.27. The number of esters is 1. The van der Waals surface area contributed by atoms with Crippen LogP contribution in [0.15, 0.2) is 63.5 Å². The molecule has 0 radical (unpaired) electrons. The molecule has 1 aliphatic heterocycles. The first-order chi connectivity index (χ1) is 18.4. The topological polar surface area (TPSA) is 88.4 Å². The molecule has 0 saturated carbocycles. The summed E-state index contributed by atoms with van der Waals surface area (Å²) in [6.45, 7) is 6.45. The van der Waals surface area contributed by atoms with Crippen LogP contribution in [0.4, 0.5) is 0 Å². The van der Waals surface area contributed by atoms with E-state index in [1.54, 1.807) is 50.8 Å². The second-order valence-corrected chi connectivity index (χ2v) is 9.70. The van der Waals surface area contributed by atoms with Crippen molar-refractivity contribution in [3.63, 3.8) is 0 Å². The van der Waals surface area contributed by atoms with E-state index in [0.717, 1.165) is 24.0 Å². The highest BCUT2D eigenvalue weighted by atomic mass is 32.1. The maximum atomic E-state index is 13.8. The number of methoxy groups -OCH3 is 2. The van der Waals surface area contributed by atoms with Crippen LogP contribution in [0.2, 0.25) is 0 Å². The SMILES string of the molecule is CCCCOc1ccc(/C=c2/sc3n(c2=O)[C@@H](c2ccc(OC)cc2)C(C(=O)OCC)=C(C)N=3)cc1OC. The van der Waals surface area contributed by atoms with Crippen LogP contribution in [-0.2, 0) is 9.53 Å². The average molecular weight is 537 g/mol. The Bertz CT molecular complexity index is 1520. The van der Waals surface area contributed by atoms with Crippen molar-refractivity contribution >= 4 is 23.4 Å². The number of rotatable bonds is 10. The molecule has 0 amide bonds. The number of fused-ring (bicyclic) bond motifs is 1. The minimum atomic E-state index is -0.678. The largest absolute Gasteiger partial charge is 0.497 e. The molecular weight excluding hydrogens is 504 g/mol. The smallest absolute Gasteiger partial charge is 0.338 e. The molecule has 0 bridgehead atoms. The van der Waals surface area contributed by atoms with E-state index in [1.807, 2.05) is 30.3 Å². The molecule has 38 heavy (non-hydrogen) atoms. The van der Waals surface area contributed by atoms with E-state index in [2.05, 4.69) is 11.9 Å². The third-order valence-corrected chi connectivity index (χ3v) is 7.17. The van der Waals surface area contributed by atoms with Gasteiger partial charge in [0.1, 0.15) is 5.75 Å². The number of hydrogen-bond donors (Lipinski definition) is 0. The molecule has 4 rings (SSSR count). The Kier molecular flexibility index (Phi) is 8.68. The van der Waals surface area contributed by atoms with Gasteiger partial charge in [0.15, 0.2) is 16.3 Å². The van der Waals surface area contributed by atoms with Gasteiger partial charge in [-0.3, -0.25) is 9.36 Å². The van der Waals surface area contributed by atoms with Crippen molar-refractivity contribution in [3.05, 3.63) is 84.5 Å². The lowest BCUT2D eigenvalue weighted by Crippen LogP contribution is -2.39. The lowest BCUT2D eigenvalue weighted by atomic mass is 9.96. The Morgan fingerprint density at radius 1 is 1.08 bits per heavy atom. The summed E-state index contributed by atoms with van der Waals surface area (Å²) in [4.78, 5) is 31.9. The van der Waals surface area contributed by atoms with Gasteiger partial charge in [-0.15, -0.1) is 0 Å². The zero-order valence-corrected chi connectivity index (χ0v) is 23.1. The number of allylic oxidation sites excluding steroid dienone is 1. The first-order valence-corrected chi connectivity index (χ1v) is 13.4. The van der Waals surface area contributed by atoms with Gasteiger partial charge in [-0.05, 0) is 61.7 Å². The molecule has 1 aliphatic rings. The van der Waals surface area contributed by atoms with E-state index in [0.29, 0.717) is 44.5 Å². The molecule has 2 aromatic carbocycles. The van der Waals surface area contributed by atoms with E-state index in [4.69, 9.17) is 18.9 Å². The fourth-order valence-electron chi connectivity index (χ4n) is 4.26. The van der Waals surface area contributed by atoms with Gasteiger partial charge in [0.2, 0.25) is 0 Å². The van der Waals surface area contributed by atoms with Gasteiger partial charge in [0, 0.05) is 0 Å². The van der Waals surface area contributed by atoms with Gasteiger partial charge in [0.25, 0.3) is 5.56 Å². The molecular formula is C29H32N2O6S.